The molecule has 3 nitrogen and oxygen atoms in total. The third kappa shape index (κ3) is 8.28. The fourth-order valence-electron chi connectivity index (χ4n) is 7.39. The quantitative estimate of drug-likeness (QED) is 0.165. The van der Waals surface area contributed by atoms with Crippen LogP contribution in [0.4, 0.5) is 0 Å². The van der Waals surface area contributed by atoms with E-state index in [1.165, 1.54) is 52.8 Å². The maximum absolute atomic E-state index is 13.4. The van der Waals surface area contributed by atoms with E-state index in [0.717, 1.165) is 76.0 Å². The van der Waals surface area contributed by atoms with Gasteiger partial charge in [0.15, 0.2) is 5.78 Å². The van der Waals surface area contributed by atoms with Gasteiger partial charge in [0.1, 0.15) is 0 Å². The normalized spacial score (nSPS) is 20.2. The third-order valence-corrected chi connectivity index (χ3v) is 10.1. The zero-order valence-corrected chi connectivity index (χ0v) is 28.8. The van der Waals surface area contributed by atoms with E-state index in [-0.39, 0.29) is 11.2 Å². The SMILES string of the molecule is C=C/C=C(\c1cc(-c2ccc(C(CCC)CC/C=C/C(C)C)cc2)ccc1C)N1CC/C=C(\C(=O)C2=CCC3(COC3)C2)CCC1. The number of hydrogen-bond acceptors (Lipinski definition) is 3. The molecule has 0 amide bonds. The van der Waals surface area contributed by atoms with Gasteiger partial charge in [0.2, 0.25) is 0 Å². The summed E-state index contributed by atoms with van der Waals surface area (Å²) in [6.45, 7) is 16.5. The Bertz CT molecular complexity index is 1480. The second kappa shape index (κ2) is 15.9. The van der Waals surface area contributed by atoms with Crippen LogP contribution in [0.2, 0.25) is 0 Å². The van der Waals surface area contributed by atoms with Gasteiger partial charge in [0, 0.05) is 29.8 Å². The molecule has 244 valence electrons. The van der Waals surface area contributed by atoms with Crippen LogP contribution in [-0.4, -0.2) is 37.0 Å². The number of rotatable bonds is 13. The van der Waals surface area contributed by atoms with E-state index in [1.54, 1.807) is 0 Å². The average molecular weight is 618 g/mol. The monoisotopic (exact) mass is 617 g/mol. The molecule has 5 rings (SSSR count). The molecule has 0 N–H and O–H groups in total. The summed E-state index contributed by atoms with van der Waals surface area (Å²) >= 11 is 0. The largest absolute Gasteiger partial charge is 0.380 e. The topological polar surface area (TPSA) is 29.5 Å². The molecule has 0 aromatic heterocycles. The summed E-state index contributed by atoms with van der Waals surface area (Å²) in [7, 11) is 0. The highest BCUT2D eigenvalue weighted by molar-refractivity contribution is 6.08. The molecule has 2 aromatic rings. The van der Waals surface area contributed by atoms with Gasteiger partial charge in [-0.15, -0.1) is 0 Å². The lowest BCUT2D eigenvalue weighted by atomic mass is 9.81. The Morgan fingerprint density at radius 3 is 2.48 bits per heavy atom. The van der Waals surface area contributed by atoms with E-state index in [9.17, 15) is 4.79 Å². The minimum atomic E-state index is 0.213. The summed E-state index contributed by atoms with van der Waals surface area (Å²) in [6.07, 6.45) is 22.5. The van der Waals surface area contributed by atoms with Crippen molar-refractivity contribution < 1.29 is 9.53 Å². The Labute approximate surface area is 278 Å². The Morgan fingerprint density at radius 2 is 1.80 bits per heavy atom. The van der Waals surface area contributed by atoms with Crippen molar-refractivity contribution >= 4 is 11.5 Å². The Kier molecular flexibility index (Phi) is 11.7. The lowest BCUT2D eigenvalue weighted by Gasteiger charge is -2.38. The van der Waals surface area contributed by atoms with Gasteiger partial charge in [-0.2, -0.15) is 0 Å². The Morgan fingerprint density at radius 1 is 1.02 bits per heavy atom. The predicted octanol–water partition coefficient (Wildman–Crippen LogP) is 10.8. The van der Waals surface area contributed by atoms with Crippen LogP contribution in [-0.2, 0) is 9.53 Å². The van der Waals surface area contributed by atoms with Crippen LogP contribution < -0.4 is 0 Å². The number of ether oxygens (including phenoxy) is 1. The molecule has 0 bridgehead atoms. The predicted molar refractivity (Wildman–Crippen MR) is 195 cm³/mol. The number of nitrogens with zero attached hydrogens (tertiary/aromatic N) is 1. The van der Waals surface area contributed by atoms with E-state index in [0.29, 0.717) is 11.8 Å². The Hall–Kier alpha value is -3.43. The summed E-state index contributed by atoms with van der Waals surface area (Å²) in [5.41, 5.74) is 9.93. The fourth-order valence-corrected chi connectivity index (χ4v) is 7.39. The summed E-state index contributed by atoms with van der Waals surface area (Å²) in [5, 5.41) is 0. The molecule has 1 fully saturated rings. The average Bonchev–Trinajstić information content (AvgIpc) is 3.49. The van der Waals surface area contributed by atoms with Gasteiger partial charge in [-0.05, 0) is 116 Å². The van der Waals surface area contributed by atoms with Crippen molar-refractivity contribution in [3.63, 3.8) is 0 Å². The fraction of sp³-hybridized carbons (Fsp3) is 0.465. The van der Waals surface area contributed by atoms with E-state index in [4.69, 9.17) is 4.74 Å². The highest BCUT2D eigenvalue weighted by Crippen LogP contribution is 2.44. The highest BCUT2D eigenvalue weighted by Gasteiger charge is 2.43. The van der Waals surface area contributed by atoms with Gasteiger partial charge in [-0.3, -0.25) is 4.79 Å². The van der Waals surface area contributed by atoms with Crippen molar-refractivity contribution in [3.05, 3.63) is 113 Å². The first-order chi connectivity index (χ1) is 22.3. The maximum atomic E-state index is 13.4. The first kappa shape index (κ1) is 33.9. The van der Waals surface area contributed by atoms with Crippen LogP contribution >= 0.6 is 0 Å². The smallest absolute Gasteiger partial charge is 0.184 e. The van der Waals surface area contributed by atoms with Gasteiger partial charge in [-0.1, -0.05) is 101 Å². The molecule has 1 saturated heterocycles. The molecular weight excluding hydrogens is 562 g/mol. The van der Waals surface area contributed by atoms with Crippen LogP contribution in [0.1, 0.15) is 101 Å². The molecule has 3 heteroatoms. The van der Waals surface area contributed by atoms with Crippen molar-refractivity contribution in [1.82, 2.24) is 4.90 Å². The summed E-state index contributed by atoms with van der Waals surface area (Å²) in [5.74, 6) is 1.50. The number of allylic oxidation sites excluding steroid dienone is 7. The van der Waals surface area contributed by atoms with Crippen molar-refractivity contribution in [2.24, 2.45) is 11.3 Å². The van der Waals surface area contributed by atoms with E-state index in [2.05, 4.69) is 112 Å². The van der Waals surface area contributed by atoms with Crippen LogP contribution in [0.15, 0.2) is 96.6 Å². The van der Waals surface area contributed by atoms with Crippen LogP contribution in [0.25, 0.3) is 16.8 Å². The lowest BCUT2D eigenvalue weighted by Crippen LogP contribution is -2.40. The summed E-state index contributed by atoms with van der Waals surface area (Å²) in [6, 6.07) is 16.2. The molecule has 3 aliphatic rings. The van der Waals surface area contributed by atoms with E-state index >= 15 is 0 Å². The van der Waals surface area contributed by atoms with Crippen molar-refractivity contribution in [2.75, 3.05) is 26.3 Å². The first-order valence-corrected chi connectivity index (χ1v) is 17.8. The molecule has 0 saturated carbocycles. The molecule has 1 atom stereocenters. The second-order valence-electron chi connectivity index (χ2n) is 14.2. The maximum Gasteiger partial charge on any atom is 0.184 e. The van der Waals surface area contributed by atoms with E-state index in [1.807, 2.05) is 6.08 Å². The summed E-state index contributed by atoms with van der Waals surface area (Å²) in [4.78, 5) is 15.9. The first-order valence-electron chi connectivity index (χ1n) is 17.8. The Balaban J connectivity index is 1.28. The van der Waals surface area contributed by atoms with Crippen molar-refractivity contribution in [3.8, 4) is 11.1 Å². The molecule has 2 heterocycles. The second-order valence-corrected chi connectivity index (χ2v) is 14.2. The molecule has 2 aromatic carbocycles. The molecule has 0 radical (unpaired) electrons. The van der Waals surface area contributed by atoms with Gasteiger partial charge >= 0.3 is 0 Å². The number of hydrogen-bond donors (Lipinski definition) is 0. The zero-order chi connectivity index (χ0) is 32.5. The number of aryl methyl sites for hydroxylation is 1. The molecular formula is C43H55NO2. The number of Topliss-reactive ketones (excluding diaryl/α,β-unsaturated/α-hetero) is 1. The van der Waals surface area contributed by atoms with Gasteiger partial charge in [0.05, 0.1) is 13.2 Å². The number of benzene rings is 2. The van der Waals surface area contributed by atoms with Gasteiger partial charge in [0.25, 0.3) is 0 Å². The standard InChI is InChI=1S/C43H55NO2/c1-6-12-34(15-9-8-14-32(3)4)35-20-22-36(23-21-35)38-19-18-33(5)40(28-38)41(13-7-2)44-26-10-16-37(17-11-27-44)42(45)39-24-25-43(29-39)30-46-31-43/h7-8,13-14,16,18-24,28,32,34H,2,6,9-12,15,17,25-27,29-31H2,1,3-5H3/b14-8+,37-16-,41-13+. The number of ketones is 1. The van der Waals surface area contributed by atoms with Crippen LogP contribution in [0.5, 0.6) is 0 Å². The minimum absolute atomic E-state index is 0.213. The molecule has 1 unspecified atom stereocenters. The zero-order valence-electron chi connectivity index (χ0n) is 28.8. The van der Waals surface area contributed by atoms with Gasteiger partial charge < -0.3 is 9.64 Å². The minimum Gasteiger partial charge on any atom is -0.380 e. The van der Waals surface area contributed by atoms with Crippen LogP contribution in [0.3, 0.4) is 0 Å². The van der Waals surface area contributed by atoms with Crippen LogP contribution in [0, 0.1) is 18.3 Å². The highest BCUT2D eigenvalue weighted by atomic mass is 16.5. The van der Waals surface area contributed by atoms with Crippen molar-refractivity contribution in [2.45, 2.75) is 91.4 Å². The van der Waals surface area contributed by atoms with Crippen molar-refractivity contribution in [1.29, 1.82) is 0 Å². The third-order valence-electron chi connectivity index (χ3n) is 10.1. The van der Waals surface area contributed by atoms with E-state index < -0.39 is 0 Å². The molecule has 2 aliphatic heterocycles. The number of carbonyl (C=O) groups excluding carboxylic acids is 1. The molecule has 1 aliphatic carbocycles. The summed E-state index contributed by atoms with van der Waals surface area (Å²) < 4.78 is 5.46. The molecule has 1 spiro atoms. The van der Waals surface area contributed by atoms with Gasteiger partial charge in [-0.25, -0.2) is 0 Å². The molecule has 46 heavy (non-hydrogen) atoms. The lowest BCUT2D eigenvalue weighted by molar-refractivity contribution is -0.116. The number of carbonyl (C=O) groups is 1.